The topological polar surface area (TPSA) is 12.0 Å². The van der Waals surface area contributed by atoms with Crippen LogP contribution >= 0.6 is 27.3 Å². The van der Waals surface area contributed by atoms with Crippen molar-refractivity contribution in [1.82, 2.24) is 5.32 Å². The zero-order valence-electron chi connectivity index (χ0n) is 8.54. The fraction of sp³-hybridized carbons (Fsp3) is 0.167. The van der Waals surface area contributed by atoms with Gasteiger partial charge in [-0.3, -0.25) is 0 Å². The molecule has 0 aliphatic carbocycles. The molecule has 2 rings (SSSR count). The standard InChI is InChI=1S/C12H11BrFNS/c13-12-9(3-1-5-11(12)14)7-15-8-10-4-2-6-16-10/h1-6,15H,7-8H2. The first-order valence-corrected chi connectivity index (χ1v) is 6.60. The minimum Gasteiger partial charge on any atom is -0.308 e. The molecular weight excluding hydrogens is 289 g/mol. The summed E-state index contributed by atoms with van der Waals surface area (Å²) in [5.74, 6) is -0.213. The molecule has 0 saturated heterocycles. The number of benzene rings is 1. The molecule has 0 unspecified atom stereocenters. The van der Waals surface area contributed by atoms with Crippen molar-refractivity contribution in [2.24, 2.45) is 0 Å². The second kappa shape index (κ2) is 5.57. The van der Waals surface area contributed by atoms with Gasteiger partial charge in [-0.1, -0.05) is 18.2 Å². The largest absolute Gasteiger partial charge is 0.308 e. The molecule has 1 N–H and O–H groups in total. The maximum Gasteiger partial charge on any atom is 0.137 e. The Kier molecular flexibility index (Phi) is 4.09. The van der Waals surface area contributed by atoms with Crippen molar-refractivity contribution in [3.05, 3.63) is 56.4 Å². The zero-order valence-corrected chi connectivity index (χ0v) is 10.9. The van der Waals surface area contributed by atoms with Crippen molar-refractivity contribution in [3.8, 4) is 0 Å². The molecule has 1 heterocycles. The molecule has 1 aromatic carbocycles. The normalized spacial score (nSPS) is 10.6. The summed E-state index contributed by atoms with van der Waals surface area (Å²) < 4.78 is 13.8. The summed E-state index contributed by atoms with van der Waals surface area (Å²) in [6.45, 7) is 1.48. The summed E-state index contributed by atoms with van der Waals surface area (Å²) >= 11 is 4.96. The molecule has 0 amide bonds. The molecule has 2 aromatic rings. The molecule has 0 saturated carbocycles. The molecule has 0 aliphatic rings. The Morgan fingerprint density at radius 1 is 1.19 bits per heavy atom. The molecule has 0 atom stereocenters. The summed E-state index contributed by atoms with van der Waals surface area (Å²) in [5.41, 5.74) is 0.941. The SMILES string of the molecule is Fc1cccc(CNCc2cccs2)c1Br. The molecule has 1 nitrogen and oxygen atoms in total. The fourth-order valence-electron chi connectivity index (χ4n) is 1.42. The van der Waals surface area contributed by atoms with Crippen LogP contribution in [0.15, 0.2) is 40.2 Å². The Morgan fingerprint density at radius 3 is 2.81 bits per heavy atom. The third-order valence-electron chi connectivity index (χ3n) is 2.23. The van der Waals surface area contributed by atoms with Gasteiger partial charge in [0, 0.05) is 18.0 Å². The Hall–Kier alpha value is -0.710. The lowest BCUT2D eigenvalue weighted by Crippen LogP contribution is -2.12. The van der Waals surface area contributed by atoms with E-state index in [2.05, 4.69) is 32.7 Å². The molecule has 0 aliphatic heterocycles. The van der Waals surface area contributed by atoms with E-state index in [-0.39, 0.29) is 5.82 Å². The minimum atomic E-state index is -0.213. The number of thiophene rings is 1. The minimum absolute atomic E-state index is 0.213. The van der Waals surface area contributed by atoms with Crippen LogP contribution < -0.4 is 5.32 Å². The maximum atomic E-state index is 13.2. The van der Waals surface area contributed by atoms with E-state index in [1.54, 1.807) is 17.4 Å². The van der Waals surface area contributed by atoms with Crippen LogP contribution in [0.3, 0.4) is 0 Å². The van der Waals surface area contributed by atoms with Crippen LogP contribution in [0.1, 0.15) is 10.4 Å². The van der Waals surface area contributed by atoms with E-state index in [4.69, 9.17) is 0 Å². The molecule has 1 aromatic heterocycles. The molecule has 16 heavy (non-hydrogen) atoms. The van der Waals surface area contributed by atoms with Crippen LogP contribution in [-0.2, 0) is 13.1 Å². The van der Waals surface area contributed by atoms with Crippen molar-refractivity contribution < 1.29 is 4.39 Å². The summed E-state index contributed by atoms with van der Waals surface area (Å²) in [6.07, 6.45) is 0. The second-order valence-corrected chi connectivity index (χ2v) is 5.22. The van der Waals surface area contributed by atoms with Crippen LogP contribution in [0.4, 0.5) is 4.39 Å². The summed E-state index contributed by atoms with van der Waals surface area (Å²) in [6, 6.07) is 9.20. The number of rotatable bonds is 4. The van der Waals surface area contributed by atoms with Gasteiger partial charge in [0.25, 0.3) is 0 Å². The average molecular weight is 300 g/mol. The summed E-state index contributed by atoms with van der Waals surface area (Å²) in [7, 11) is 0. The van der Waals surface area contributed by atoms with Crippen molar-refractivity contribution in [2.45, 2.75) is 13.1 Å². The maximum absolute atomic E-state index is 13.2. The first-order valence-electron chi connectivity index (χ1n) is 4.93. The predicted octanol–water partition coefficient (Wildman–Crippen LogP) is 3.94. The van der Waals surface area contributed by atoms with Crippen LogP contribution in [-0.4, -0.2) is 0 Å². The van der Waals surface area contributed by atoms with Gasteiger partial charge in [0.05, 0.1) is 4.47 Å². The van der Waals surface area contributed by atoms with Gasteiger partial charge >= 0.3 is 0 Å². The Morgan fingerprint density at radius 2 is 2.06 bits per heavy atom. The van der Waals surface area contributed by atoms with Crippen molar-refractivity contribution in [1.29, 1.82) is 0 Å². The van der Waals surface area contributed by atoms with Crippen LogP contribution in [0.5, 0.6) is 0 Å². The Balaban J connectivity index is 1.92. The molecule has 0 fully saturated rings. The van der Waals surface area contributed by atoms with E-state index in [0.717, 1.165) is 12.1 Å². The van der Waals surface area contributed by atoms with E-state index in [9.17, 15) is 4.39 Å². The second-order valence-electron chi connectivity index (χ2n) is 3.40. The predicted molar refractivity (Wildman–Crippen MR) is 69.0 cm³/mol. The highest BCUT2D eigenvalue weighted by Gasteiger charge is 2.04. The first kappa shape index (κ1) is 11.8. The molecule has 0 spiro atoms. The molecule has 4 heteroatoms. The Bertz CT molecular complexity index is 456. The van der Waals surface area contributed by atoms with E-state index in [1.165, 1.54) is 10.9 Å². The van der Waals surface area contributed by atoms with Gasteiger partial charge in [-0.2, -0.15) is 0 Å². The van der Waals surface area contributed by atoms with E-state index in [1.807, 2.05) is 12.1 Å². The number of halogens is 2. The van der Waals surface area contributed by atoms with Gasteiger partial charge in [0.15, 0.2) is 0 Å². The third kappa shape index (κ3) is 2.90. The highest BCUT2D eigenvalue weighted by molar-refractivity contribution is 9.10. The van der Waals surface area contributed by atoms with E-state index < -0.39 is 0 Å². The van der Waals surface area contributed by atoms with Gasteiger partial charge in [0.2, 0.25) is 0 Å². The van der Waals surface area contributed by atoms with Crippen LogP contribution in [0.2, 0.25) is 0 Å². The lowest BCUT2D eigenvalue weighted by atomic mass is 10.2. The quantitative estimate of drug-likeness (QED) is 0.902. The van der Waals surface area contributed by atoms with Crippen molar-refractivity contribution >= 4 is 27.3 Å². The van der Waals surface area contributed by atoms with Gasteiger partial charge in [0.1, 0.15) is 5.82 Å². The Labute approximate surface area is 106 Å². The third-order valence-corrected chi connectivity index (χ3v) is 3.99. The molecule has 84 valence electrons. The number of hydrogen-bond donors (Lipinski definition) is 1. The highest BCUT2D eigenvalue weighted by Crippen LogP contribution is 2.20. The molecular formula is C12H11BrFNS. The lowest BCUT2D eigenvalue weighted by molar-refractivity contribution is 0.612. The van der Waals surface area contributed by atoms with Gasteiger partial charge in [-0.15, -0.1) is 11.3 Å². The zero-order chi connectivity index (χ0) is 11.4. The van der Waals surface area contributed by atoms with Gasteiger partial charge in [-0.25, -0.2) is 4.39 Å². The summed E-state index contributed by atoms with van der Waals surface area (Å²) in [5, 5.41) is 5.34. The fourth-order valence-corrected chi connectivity index (χ4v) is 2.50. The van der Waals surface area contributed by atoms with E-state index in [0.29, 0.717) is 11.0 Å². The van der Waals surface area contributed by atoms with Crippen molar-refractivity contribution in [3.63, 3.8) is 0 Å². The van der Waals surface area contributed by atoms with E-state index >= 15 is 0 Å². The van der Waals surface area contributed by atoms with Crippen molar-refractivity contribution in [2.75, 3.05) is 0 Å². The van der Waals surface area contributed by atoms with Gasteiger partial charge in [-0.05, 0) is 39.0 Å². The first-order chi connectivity index (χ1) is 7.77. The number of nitrogens with one attached hydrogen (secondary N) is 1. The number of hydrogen-bond acceptors (Lipinski definition) is 2. The smallest absolute Gasteiger partial charge is 0.137 e. The van der Waals surface area contributed by atoms with Crippen LogP contribution in [0.25, 0.3) is 0 Å². The average Bonchev–Trinajstić information content (AvgIpc) is 2.77. The summed E-state index contributed by atoms with van der Waals surface area (Å²) in [4.78, 5) is 1.28. The lowest BCUT2D eigenvalue weighted by Gasteiger charge is -2.06. The molecule has 0 radical (unpaired) electrons. The van der Waals surface area contributed by atoms with Gasteiger partial charge < -0.3 is 5.32 Å². The molecule has 0 bridgehead atoms. The van der Waals surface area contributed by atoms with Crippen LogP contribution in [0, 0.1) is 5.82 Å². The monoisotopic (exact) mass is 299 g/mol. The highest BCUT2D eigenvalue weighted by atomic mass is 79.9.